The van der Waals surface area contributed by atoms with Gasteiger partial charge in [-0.15, -0.1) is 0 Å². The van der Waals surface area contributed by atoms with E-state index in [9.17, 15) is 4.79 Å². The number of anilines is 1. The third-order valence-corrected chi connectivity index (χ3v) is 2.54. The predicted octanol–water partition coefficient (Wildman–Crippen LogP) is 1.84. The van der Waals surface area contributed by atoms with Crippen LogP contribution in [-0.4, -0.2) is 24.2 Å². The zero-order valence-corrected chi connectivity index (χ0v) is 8.10. The molecule has 1 aliphatic rings. The topological polar surface area (TPSA) is 40.5 Å². The lowest BCUT2D eigenvalue weighted by Crippen LogP contribution is -2.45. The largest absolute Gasteiger partial charge is 0.478 e. The number of carboxylic acid groups (broad SMARTS) is 1. The minimum atomic E-state index is -0.867. The summed E-state index contributed by atoms with van der Waals surface area (Å²) in [6.07, 6.45) is 0. The monoisotopic (exact) mass is 191 g/mol. The quantitative estimate of drug-likeness (QED) is 0.775. The molecular weight excluding hydrogens is 178 g/mol. The summed E-state index contributed by atoms with van der Waals surface area (Å²) < 4.78 is 0. The number of aromatic carboxylic acids is 1. The van der Waals surface area contributed by atoms with Gasteiger partial charge in [0.2, 0.25) is 0 Å². The molecule has 74 valence electrons. The van der Waals surface area contributed by atoms with Crippen molar-refractivity contribution < 1.29 is 9.90 Å². The normalized spacial score (nSPS) is 16.5. The predicted molar refractivity (Wildman–Crippen MR) is 54.8 cm³/mol. The molecule has 14 heavy (non-hydrogen) atoms. The Morgan fingerprint density at radius 1 is 1.36 bits per heavy atom. The van der Waals surface area contributed by atoms with Crippen molar-refractivity contribution in [3.63, 3.8) is 0 Å². The molecule has 3 heteroatoms. The second-order valence-corrected chi connectivity index (χ2v) is 3.86. The van der Waals surface area contributed by atoms with E-state index in [1.807, 2.05) is 12.1 Å². The fourth-order valence-corrected chi connectivity index (χ4v) is 1.72. The molecule has 2 rings (SSSR count). The highest BCUT2D eigenvalue weighted by atomic mass is 16.4. The fraction of sp³-hybridized carbons (Fsp3) is 0.364. The lowest BCUT2D eigenvalue weighted by molar-refractivity contribution is 0.0697. The van der Waals surface area contributed by atoms with E-state index in [1.54, 1.807) is 12.1 Å². The highest BCUT2D eigenvalue weighted by Gasteiger charge is 2.22. The maximum absolute atomic E-state index is 10.6. The Bertz CT molecular complexity index is 339. The van der Waals surface area contributed by atoms with Gasteiger partial charge in [-0.05, 0) is 30.2 Å². The number of benzene rings is 1. The van der Waals surface area contributed by atoms with Crippen molar-refractivity contribution in [3.05, 3.63) is 29.8 Å². The Hall–Kier alpha value is -1.51. The zero-order valence-electron chi connectivity index (χ0n) is 8.10. The molecule has 0 amide bonds. The van der Waals surface area contributed by atoms with Crippen LogP contribution in [0.5, 0.6) is 0 Å². The summed E-state index contributed by atoms with van der Waals surface area (Å²) in [7, 11) is 0. The highest BCUT2D eigenvalue weighted by molar-refractivity contribution is 5.88. The van der Waals surface area contributed by atoms with Gasteiger partial charge in [0.05, 0.1) is 5.56 Å². The SMILES string of the molecule is CC1CN(c2ccc(C(=O)O)cc2)C1. The summed E-state index contributed by atoms with van der Waals surface area (Å²) in [6.45, 7) is 4.36. The van der Waals surface area contributed by atoms with E-state index >= 15 is 0 Å². The van der Waals surface area contributed by atoms with Gasteiger partial charge in [-0.2, -0.15) is 0 Å². The first-order chi connectivity index (χ1) is 6.66. The van der Waals surface area contributed by atoms with Crippen molar-refractivity contribution in [1.82, 2.24) is 0 Å². The van der Waals surface area contributed by atoms with Crippen molar-refractivity contribution >= 4 is 11.7 Å². The molecule has 0 radical (unpaired) electrons. The molecule has 0 unspecified atom stereocenters. The molecule has 3 nitrogen and oxygen atoms in total. The molecule has 0 atom stereocenters. The van der Waals surface area contributed by atoms with Crippen LogP contribution in [0.4, 0.5) is 5.69 Å². The second-order valence-electron chi connectivity index (χ2n) is 3.86. The number of hydrogen-bond acceptors (Lipinski definition) is 2. The molecule has 0 aromatic heterocycles. The standard InChI is InChI=1S/C11H13NO2/c1-8-6-12(7-8)10-4-2-9(3-5-10)11(13)14/h2-5,8H,6-7H2,1H3,(H,13,14). The van der Waals surface area contributed by atoms with Crippen LogP contribution in [-0.2, 0) is 0 Å². The number of nitrogens with zero attached hydrogens (tertiary/aromatic N) is 1. The Morgan fingerprint density at radius 2 is 1.93 bits per heavy atom. The molecule has 1 saturated heterocycles. The molecule has 1 N–H and O–H groups in total. The molecule has 0 aliphatic carbocycles. The van der Waals surface area contributed by atoms with Crippen LogP contribution in [0.1, 0.15) is 17.3 Å². The van der Waals surface area contributed by atoms with Gasteiger partial charge in [0.1, 0.15) is 0 Å². The van der Waals surface area contributed by atoms with Crippen LogP contribution in [0.15, 0.2) is 24.3 Å². The maximum atomic E-state index is 10.6. The molecular formula is C11H13NO2. The lowest BCUT2D eigenvalue weighted by atomic mass is 10.0. The Morgan fingerprint density at radius 3 is 2.36 bits per heavy atom. The first kappa shape index (κ1) is 9.06. The van der Waals surface area contributed by atoms with Crippen LogP contribution in [0.25, 0.3) is 0 Å². The van der Waals surface area contributed by atoms with E-state index < -0.39 is 5.97 Å². The van der Waals surface area contributed by atoms with Crippen molar-refractivity contribution in [1.29, 1.82) is 0 Å². The third-order valence-electron chi connectivity index (χ3n) is 2.54. The molecule has 1 fully saturated rings. The number of carboxylic acids is 1. The summed E-state index contributed by atoms with van der Waals surface area (Å²) in [5.74, 6) is -0.109. The Balaban J connectivity index is 2.10. The van der Waals surface area contributed by atoms with Crippen LogP contribution in [0.2, 0.25) is 0 Å². The molecule has 0 spiro atoms. The Labute approximate surface area is 83.0 Å². The van der Waals surface area contributed by atoms with E-state index in [-0.39, 0.29) is 0 Å². The van der Waals surface area contributed by atoms with Crippen molar-refractivity contribution in [2.75, 3.05) is 18.0 Å². The fourth-order valence-electron chi connectivity index (χ4n) is 1.72. The van der Waals surface area contributed by atoms with Gasteiger partial charge in [-0.3, -0.25) is 0 Å². The third kappa shape index (κ3) is 1.58. The van der Waals surface area contributed by atoms with Crippen molar-refractivity contribution in [2.45, 2.75) is 6.92 Å². The molecule has 1 heterocycles. The summed E-state index contributed by atoms with van der Waals surface area (Å²) in [4.78, 5) is 12.9. The number of rotatable bonds is 2. The van der Waals surface area contributed by atoms with Crippen LogP contribution in [0.3, 0.4) is 0 Å². The van der Waals surface area contributed by atoms with E-state index in [4.69, 9.17) is 5.11 Å². The smallest absolute Gasteiger partial charge is 0.335 e. The number of carbonyl (C=O) groups is 1. The minimum absolute atomic E-state index is 0.349. The zero-order chi connectivity index (χ0) is 10.1. The van der Waals surface area contributed by atoms with Crippen molar-refractivity contribution in [3.8, 4) is 0 Å². The van der Waals surface area contributed by atoms with E-state index in [0.29, 0.717) is 5.56 Å². The maximum Gasteiger partial charge on any atom is 0.335 e. The van der Waals surface area contributed by atoms with Gasteiger partial charge in [-0.1, -0.05) is 6.92 Å². The van der Waals surface area contributed by atoms with E-state index in [0.717, 1.165) is 24.7 Å². The average molecular weight is 191 g/mol. The first-order valence-corrected chi connectivity index (χ1v) is 4.75. The summed E-state index contributed by atoms with van der Waals surface area (Å²) in [5.41, 5.74) is 1.47. The summed E-state index contributed by atoms with van der Waals surface area (Å²) >= 11 is 0. The van der Waals surface area contributed by atoms with Gasteiger partial charge in [0.25, 0.3) is 0 Å². The molecule has 1 aliphatic heterocycles. The summed E-state index contributed by atoms with van der Waals surface area (Å²) in [5, 5.41) is 8.71. The van der Waals surface area contributed by atoms with Gasteiger partial charge in [-0.25, -0.2) is 4.79 Å². The highest BCUT2D eigenvalue weighted by Crippen LogP contribution is 2.24. The Kier molecular flexibility index (Phi) is 2.15. The van der Waals surface area contributed by atoms with E-state index in [2.05, 4.69) is 11.8 Å². The van der Waals surface area contributed by atoms with Gasteiger partial charge in [0, 0.05) is 18.8 Å². The van der Waals surface area contributed by atoms with Gasteiger partial charge < -0.3 is 10.0 Å². The van der Waals surface area contributed by atoms with E-state index in [1.165, 1.54) is 0 Å². The lowest BCUT2D eigenvalue weighted by Gasteiger charge is -2.39. The summed E-state index contributed by atoms with van der Waals surface area (Å²) in [6, 6.07) is 7.05. The van der Waals surface area contributed by atoms with Gasteiger partial charge >= 0.3 is 5.97 Å². The minimum Gasteiger partial charge on any atom is -0.478 e. The molecule has 1 aromatic carbocycles. The van der Waals surface area contributed by atoms with Gasteiger partial charge in [0.15, 0.2) is 0 Å². The number of hydrogen-bond donors (Lipinski definition) is 1. The second kappa shape index (κ2) is 3.33. The van der Waals surface area contributed by atoms with Crippen LogP contribution in [0, 0.1) is 5.92 Å². The average Bonchev–Trinajstić information content (AvgIpc) is 2.13. The molecule has 0 bridgehead atoms. The van der Waals surface area contributed by atoms with Crippen LogP contribution >= 0.6 is 0 Å². The molecule has 1 aromatic rings. The molecule has 0 saturated carbocycles. The van der Waals surface area contributed by atoms with Crippen molar-refractivity contribution in [2.24, 2.45) is 5.92 Å². The van der Waals surface area contributed by atoms with Crippen LogP contribution < -0.4 is 4.90 Å². The first-order valence-electron chi connectivity index (χ1n) is 4.75.